The van der Waals surface area contributed by atoms with Crippen LogP contribution in [0.3, 0.4) is 0 Å². The van der Waals surface area contributed by atoms with Crippen LogP contribution in [0.5, 0.6) is 0 Å². The monoisotopic (exact) mass is 327 g/mol. The van der Waals surface area contributed by atoms with Gasteiger partial charge in [0.2, 0.25) is 5.91 Å². The van der Waals surface area contributed by atoms with Crippen LogP contribution in [0.2, 0.25) is 5.02 Å². The molecule has 0 saturated carbocycles. The molecule has 2 amide bonds. The fraction of sp³-hybridized carbons (Fsp3) is 0.0588. The van der Waals surface area contributed by atoms with Crippen molar-refractivity contribution >= 4 is 34.3 Å². The summed E-state index contributed by atoms with van der Waals surface area (Å²) in [4.78, 5) is 26.2. The van der Waals surface area contributed by atoms with Crippen LogP contribution in [0.25, 0.3) is 10.9 Å². The first-order valence-corrected chi connectivity index (χ1v) is 7.36. The first-order valence-electron chi connectivity index (χ1n) is 6.99. The normalized spacial score (nSPS) is 10.7. The lowest BCUT2D eigenvalue weighted by Gasteiger charge is -2.04. The summed E-state index contributed by atoms with van der Waals surface area (Å²) in [5.74, 6) is -0.702. The summed E-state index contributed by atoms with van der Waals surface area (Å²) in [5, 5.41) is 4.27. The molecule has 5 nitrogen and oxygen atoms in total. The minimum atomic E-state index is -0.476. The van der Waals surface area contributed by atoms with Crippen LogP contribution >= 0.6 is 11.6 Å². The Morgan fingerprint density at radius 1 is 1.13 bits per heavy atom. The zero-order valence-corrected chi connectivity index (χ0v) is 12.9. The van der Waals surface area contributed by atoms with E-state index in [0.29, 0.717) is 22.8 Å². The number of H-pyrrole nitrogens is 1. The minimum Gasteiger partial charge on any atom is -0.366 e. The number of amides is 2. The van der Waals surface area contributed by atoms with Crippen molar-refractivity contribution in [3.05, 3.63) is 70.4 Å². The van der Waals surface area contributed by atoms with Gasteiger partial charge in [0.1, 0.15) is 5.69 Å². The number of fused-ring (bicyclic) bond motifs is 1. The Balaban J connectivity index is 1.70. The summed E-state index contributed by atoms with van der Waals surface area (Å²) < 4.78 is 0. The maximum Gasteiger partial charge on any atom is 0.267 e. The van der Waals surface area contributed by atoms with Gasteiger partial charge in [-0.3, -0.25) is 9.59 Å². The summed E-state index contributed by atoms with van der Waals surface area (Å²) in [7, 11) is 0. The molecule has 0 aliphatic rings. The molecule has 0 aliphatic carbocycles. The molecule has 6 heteroatoms. The smallest absolute Gasteiger partial charge is 0.267 e. The average Bonchev–Trinajstić information content (AvgIpc) is 2.99. The topological polar surface area (TPSA) is 88.0 Å². The first-order chi connectivity index (χ1) is 11.0. The molecular weight excluding hydrogens is 314 g/mol. The van der Waals surface area contributed by atoms with Crippen molar-refractivity contribution in [2.24, 2.45) is 5.73 Å². The SMILES string of the molecule is NC(=O)c1ccc(CNC(=O)c2cc3cccc(Cl)c3[nH]2)cc1. The Morgan fingerprint density at radius 3 is 2.52 bits per heavy atom. The highest BCUT2D eigenvalue weighted by Gasteiger charge is 2.10. The lowest BCUT2D eigenvalue weighted by molar-refractivity contribution is 0.0945. The second-order valence-corrected chi connectivity index (χ2v) is 5.54. The molecule has 23 heavy (non-hydrogen) atoms. The van der Waals surface area contributed by atoms with Crippen LogP contribution in [-0.4, -0.2) is 16.8 Å². The van der Waals surface area contributed by atoms with Crippen molar-refractivity contribution in [1.82, 2.24) is 10.3 Å². The van der Waals surface area contributed by atoms with E-state index < -0.39 is 5.91 Å². The van der Waals surface area contributed by atoms with Gasteiger partial charge in [0.05, 0.1) is 10.5 Å². The lowest BCUT2D eigenvalue weighted by Crippen LogP contribution is -2.23. The quantitative estimate of drug-likeness (QED) is 0.688. The number of nitrogens with two attached hydrogens (primary N) is 1. The molecule has 0 unspecified atom stereocenters. The van der Waals surface area contributed by atoms with Gasteiger partial charge in [0.15, 0.2) is 0 Å². The Hall–Kier alpha value is -2.79. The predicted molar refractivity (Wildman–Crippen MR) is 89.4 cm³/mol. The Morgan fingerprint density at radius 2 is 1.87 bits per heavy atom. The van der Waals surface area contributed by atoms with Gasteiger partial charge >= 0.3 is 0 Å². The lowest BCUT2D eigenvalue weighted by atomic mass is 10.1. The number of carbonyl (C=O) groups is 2. The second kappa shape index (κ2) is 6.14. The fourth-order valence-corrected chi connectivity index (χ4v) is 2.54. The van der Waals surface area contributed by atoms with Gasteiger partial charge in [0.25, 0.3) is 5.91 Å². The highest BCUT2D eigenvalue weighted by molar-refractivity contribution is 6.35. The van der Waals surface area contributed by atoms with Gasteiger partial charge in [-0.2, -0.15) is 0 Å². The van der Waals surface area contributed by atoms with Crippen molar-refractivity contribution in [2.75, 3.05) is 0 Å². The van der Waals surface area contributed by atoms with Crippen LogP contribution in [0.15, 0.2) is 48.5 Å². The number of carbonyl (C=O) groups excluding carboxylic acids is 2. The second-order valence-electron chi connectivity index (χ2n) is 5.13. The van der Waals surface area contributed by atoms with Crippen LogP contribution in [0.4, 0.5) is 0 Å². The number of aromatic amines is 1. The van der Waals surface area contributed by atoms with Gasteiger partial charge < -0.3 is 16.0 Å². The molecule has 2 aromatic carbocycles. The number of para-hydroxylation sites is 1. The Kier molecular flexibility index (Phi) is 4.04. The third kappa shape index (κ3) is 3.19. The molecule has 0 aliphatic heterocycles. The van der Waals surface area contributed by atoms with Gasteiger partial charge in [-0.05, 0) is 29.8 Å². The largest absolute Gasteiger partial charge is 0.366 e. The number of halogens is 1. The standard InChI is InChI=1S/C17H14ClN3O2/c18-13-3-1-2-12-8-14(21-15(12)13)17(23)20-9-10-4-6-11(7-5-10)16(19)22/h1-8,21H,9H2,(H2,19,22)(H,20,23). The van der Waals surface area contributed by atoms with Gasteiger partial charge in [-0.25, -0.2) is 0 Å². The van der Waals surface area contributed by atoms with Crippen molar-refractivity contribution in [3.63, 3.8) is 0 Å². The van der Waals surface area contributed by atoms with Crippen molar-refractivity contribution < 1.29 is 9.59 Å². The van der Waals surface area contributed by atoms with Crippen LogP contribution in [0.1, 0.15) is 26.4 Å². The molecule has 4 N–H and O–H groups in total. The zero-order chi connectivity index (χ0) is 16.4. The molecule has 0 saturated heterocycles. The Labute approximate surface area is 137 Å². The summed E-state index contributed by atoms with van der Waals surface area (Å²) in [6, 6.07) is 14.0. The summed E-state index contributed by atoms with van der Waals surface area (Å²) in [6.45, 7) is 0.348. The number of benzene rings is 2. The minimum absolute atomic E-state index is 0.226. The molecule has 0 fully saturated rings. The van der Waals surface area contributed by atoms with E-state index in [1.165, 1.54) is 0 Å². The molecule has 1 heterocycles. The summed E-state index contributed by atoms with van der Waals surface area (Å²) >= 11 is 6.09. The average molecular weight is 328 g/mol. The highest BCUT2D eigenvalue weighted by atomic mass is 35.5. The maximum absolute atomic E-state index is 12.2. The number of aromatic nitrogens is 1. The third-order valence-corrected chi connectivity index (χ3v) is 3.86. The predicted octanol–water partition coefficient (Wildman–Crippen LogP) is 2.85. The van der Waals surface area contributed by atoms with Crippen molar-refractivity contribution in [1.29, 1.82) is 0 Å². The summed E-state index contributed by atoms with van der Waals surface area (Å²) in [5.41, 5.74) is 7.68. The van der Waals surface area contributed by atoms with Crippen LogP contribution < -0.4 is 11.1 Å². The number of hydrogen-bond acceptors (Lipinski definition) is 2. The number of rotatable bonds is 4. The van der Waals surface area contributed by atoms with E-state index in [4.69, 9.17) is 17.3 Å². The number of hydrogen-bond donors (Lipinski definition) is 3. The van der Waals surface area contributed by atoms with Gasteiger partial charge in [-0.1, -0.05) is 35.9 Å². The Bertz CT molecular complexity index is 884. The van der Waals surface area contributed by atoms with E-state index in [1.807, 2.05) is 12.1 Å². The molecule has 116 valence electrons. The molecular formula is C17H14ClN3O2. The number of nitrogens with one attached hydrogen (secondary N) is 2. The van der Waals surface area contributed by atoms with E-state index in [1.54, 1.807) is 36.4 Å². The summed E-state index contributed by atoms with van der Waals surface area (Å²) in [6.07, 6.45) is 0. The zero-order valence-electron chi connectivity index (χ0n) is 12.1. The molecule has 3 aromatic rings. The molecule has 0 atom stereocenters. The maximum atomic E-state index is 12.2. The molecule has 3 rings (SSSR count). The fourth-order valence-electron chi connectivity index (χ4n) is 2.31. The molecule has 1 aromatic heterocycles. The van der Waals surface area contributed by atoms with E-state index in [2.05, 4.69) is 10.3 Å². The molecule has 0 spiro atoms. The third-order valence-electron chi connectivity index (χ3n) is 3.54. The van der Waals surface area contributed by atoms with Crippen molar-refractivity contribution in [2.45, 2.75) is 6.54 Å². The van der Waals surface area contributed by atoms with E-state index in [9.17, 15) is 9.59 Å². The molecule has 0 bridgehead atoms. The van der Waals surface area contributed by atoms with Crippen molar-refractivity contribution in [3.8, 4) is 0 Å². The van der Waals surface area contributed by atoms with Gasteiger partial charge in [0, 0.05) is 17.5 Å². The van der Waals surface area contributed by atoms with E-state index in [0.717, 1.165) is 16.5 Å². The van der Waals surface area contributed by atoms with E-state index in [-0.39, 0.29) is 5.91 Å². The highest BCUT2D eigenvalue weighted by Crippen LogP contribution is 2.23. The first kappa shape index (κ1) is 15.1. The number of primary amides is 1. The van der Waals surface area contributed by atoms with Crippen LogP contribution in [0, 0.1) is 0 Å². The van der Waals surface area contributed by atoms with E-state index >= 15 is 0 Å². The van der Waals surface area contributed by atoms with Gasteiger partial charge in [-0.15, -0.1) is 0 Å². The van der Waals surface area contributed by atoms with Crippen LogP contribution in [-0.2, 0) is 6.54 Å². The molecule has 0 radical (unpaired) electrons.